The number of rotatable bonds is 4. The van der Waals surface area contributed by atoms with E-state index in [0.29, 0.717) is 12.1 Å². The maximum Gasteiger partial charge on any atom is 0.338 e. The lowest BCUT2D eigenvalue weighted by molar-refractivity contribution is -0.122. The SMILES string of the molecule is Cc1ccc(C(=O)OCCN2C(=O)C(C)(C)Nc3ccccc32)cc1C. The quantitative estimate of drug-likeness (QED) is 0.853. The van der Waals surface area contributed by atoms with E-state index in [1.54, 1.807) is 11.0 Å². The zero-order valence-corrected chi connectivity index (χ0v) is 15.6. The van der Waals surface area contributed by atoms with E-state index in [1.807, 2.05) is 64.1 Å². The molecule has 3 rings (SSSR count). The van der Waals surface area contributed by atoms with Crippen LogP contribution in [0.2, 0.25) is 0 Å². The number of nitrogens with one attached hydrogen (secondary N) is 1. The van der Waals surface area contributed by atoms with Crippen LogP contribution in [-0.2, 0) is 9.53 Å². The van der Waals surface area contributed by atoms with Gasteiger partial charge in [0.25, 0.3) is 5.91 Å². The Morgan fingerprint density at radius 3 is 2.58 bits per heavy atom. The molecule has 1 aliphatic rings. The number of nitrogens with zero attached hydrogens (tertiary/aromatic N) is 1. The van der Waals surface area contributed by atoms with E-state index in [9.17, 15) is 9.59 Å². The molecule has 0 bridgehead atoms. The number of fused-ring (bicyclic) bond motifs is 1. The van der Waals surface area contributed by atoms with Gasteiger partial charge in [0.15, 0.2) is 0 Å². The van der Waals surface area contributed by atoms with Crippen molar-refractivity contribution in [3.8, 4) is 0 Å². The molecule has 1 heterocycles. The summed E-state index contributed by atoms with van der Waals surface area (Å²) in [5.74, 6) is -0.415. The van der Waals surface area contributed by atoms with E-state index in [0.717, 1.165) is 22.5 Å². The zero-order chi connectivity index (χ0) is 18.9. The third-order valence-corrected chi connectivity index (χ3v) is 4.71. The molecule has 1 aliphatic heterocycles. The summed E-state index contributed by atoms with van der Waals surface area (Å²) < 4.78 is 5.40. The lowest BCUT2D eigenvalue weighted by Crippen LogP contribution is -2.54. The summed E-state index contributed by atoms with van der Waals surface area (Å²) in [7, 11) is 0. The fraction of sp³-hybridized carbons (Fsp3) is 0.333. The van der Waals surface area contributed by atoms with E-state index >= 15 is 0 Å². The standard InChI is InChI=1S/C21H24N2O3/c1-14-9-10-16(13-15(14)2)19(24)26-12-11-23-18-8-6-5-7-17(18)22-21(3,4)20(23)25/h5-10,13,22H,11-12H2,1-4H3. The third-order valence-electron chi connectivity index (χ3n) is 4.71. The minimum atomic E-state index is -0.702. The molecule has 2 aromatic rings. The predicted molar refractivity (Wildman–Crippen MR) is 103 cm³/mol. The van der Waals surface area contributed by atoms with Gasteiger partial charge in [-0.25, -0.2) is 4.79 Å². The number of para-hydroxylation sites is 2. The molecule has 0 radical (unpaired) electrons. The van der Waals surface area contributed by atoms with Gasteiger partial charge in [0.05, 0.1) is 23.5 Å². The molecule has 2 aromatic carbocycles. The van der Waals surface area contributed by atoms with Gasteiger partial charge in [-0.2, -0.15) is 0 Å². The first-order valence-electron chi connectivity index (χ1n) is 8.73. The molecule has 0 aliphatic carbocycles. The Labute approximate surface area is 154 Å². The van der Waals surface area contributed by atoms with Crippen molar-refractivity contribution in [1.82, 2.24) is 0 Å². The summed E-state index contributed by atoms with van der Waals surface area (Å²) in [6.07, 6.45) is 0. The van der Waals surface area contributed by atoms with Gasteiger partial charge < -0.3 is 15.0 Å². The Hall–Kier alpha value is -2.82. The first kappa shape index (κ1) is 18.0. The van der Waals surface area contributed by atoms with Crippen molar-refractivity contribution >= 4 is 23.3 Å². The minimum Gasteiger partial charge on any atom is -0.460 e. The van der Waals surface area contributed by atoms with Crippen LogP contribution in [0.1, 0.15) is 35.3 Å². The fourth-order valence-corrected chi connectivity index (χ4v) is 3.05. The van der Waals surface area contributed by atoms with Gasteiger partial charge in [-0.1, -0.05) is 18.2 Å². The largest absolute Gasteiger partial charge is 0.460 e. The Balaban J connectivity index is 1.70. The lowest BCUT2D eigenvalue weighted by Gasteiger charge is -2.39. The molecule has 1 amide bonds. The number of benzene rings is 2. The highest BCUT2D eigenvalue weighted by Crippen LogP contribution is 2.34. The summed E-state index contributed by atoms with van der Waals surface area (Å²) in [5.41, 5.74) is 3.71. The monoisotopic (exact) mass is 352 g/mol. The van der Waals surface area contributed by atoms with E-state index < -0.39 is 5.54 Å². The van der Waals surface area contributed by atoms with Crippen LogP contribution in [0, 0.1) is 13.8 Å². The van der Waals surface area contributed by atoms with E-state index in [4.69, 9.17) is 4.74 Å². The summed E-state index contributed by atoms with van der Waals surface area (Å²) in [4.78, 5) is 26.7. The molecule has 136 valence electrons. The molecule has 5 heteroatoms. The third kappa shape index (κ3) is 3.43. The van der Waals surface area contributed by atoms with Crippen LogP contribution < -0.4 is 10.2 Å². The highest BCUT2D eigenvalue weighted by atomic mass is 16.5. The summed E-state index contributed by atoms with van der Waals surface area (Å²) >= 11 is 0. The molecule has 0 unspecified atom stereocenters. The number of hydrogen-bond donors (Lipinski definition) is 1. The fourth-order valence-electron chi connectivity index (χ4n) is 3.05. The van der Waals surface area contributed by atoms with Crippen molar-refractivity contribution in [2.75, 3.05) is 23.4 Å². The van der Waals surface area contributed by atoms with Crippen LogP contribution in [0.3, 0.4) is 0 Å². The van der Waals surface area contributed by atoms with Crippen LogP contribution in [-0.4, -0.2) is 30.6 Å². The molecule has 0 saturated heterocycles. The van der Waals surface area contributed by atoms with Crippen molar-refractivity contribution < 1.29 is 14.3 Å². The normalized spacial score (nSPS) is 15.2. The van der Waals surface area contributed by atoms with Gasteiger partial charge in [-0.15, -0.1) is 0 Å². The zero-order valence-electron chi connectivity index (χ0n) is 15.6. The maximum atomic E-state index is 12.8. The summed E-state index contributed by atoms with van der Waals surface area (Å²) in [6, 6.07) is 13.1. The molecule has 0 saturated carbocycles. The molecule has 0 spiro atoms. The van der Waals surface area contributed by atoms with Crippen LogP contribution in [0.25, 0.3) is 0 Å². The summed E-state index contributed by atoms with van der Waals surface area (Å²) in [5, 5.41) is 3.25. The number of carbonyl (C=O) groups excluding carboxylic acids is 2. The second-order valence-electron chi connectivity index (χ2n) is 7.16. The second kappa shape index (κ2) is 6.83. The molecule has 1 N–H and O–H groups in total. The predicted octanol–water partition coefficient (Wildman–Crippen LogP) is 3.70. The Kier molecular flexibility index (Phi) is 4.72. The number of esters is 1. The van der Waals surface area contributed by atoms with Crippen LogP contribution in [0.15, 0.2) is 42.5 Å². The van der Waals surface area contributed by atoms with E-state index in [1.165, 1.54) is 0 Å². The smallest absolute Gasteiger partial charge is 0.338 e. The summed E-state index contributed by atoms with van der Waals surface area (Å²) in [6.45, 7) is 8.11. The number of carbonyl (C=O) groups is 2. The molecule has 0 atom stereocenters. The topological polar surface area (TPSA) is 58.6 Å². The van der Waals surface area contributed by atoms with Crippen molar-refractivity contribution in [2.45, 2.75) is 33.2 Å². The average Bonchev–Trinajstić information content (AvgIpc) is 2.60. The number of ether oxygens (including phenoxy) is 1. The second-order valence-corrected chi connectivity index (χ2v) is 7.16. The number of hydrogen-bond acceptors (Lipinski definition) is 4. The molecule has 5 nitrogen and oxygen atoms in total. The molecule has 0 aromatic heterocycles. The molecular weight excluding hydrogens is 328 g/mol. The highest BCUT2D eigenvalue weighted by molar-refractivity contribution is 6.07. The van der Waals surface area contributed by atoms with Crippen molar-refractivity contribution in [3.05, 3.63) is 59.2 Å². The van der Waals surface area contributed by atoms with Crippen LogP contribution in [0.5, 0.6) is 0 Å². The van der Waals surface area contributed by atoms with Gasteiger partial charge >= 0.3 is 5.97 Å². The van der Waals surface area contributed by atoms with Gasteiger partial charge in [0.1, 0.15) is 12.1 Å². The highest BCUT2D eigenvalue weighted by Gasteiger charge is 2.38. The first-order chi connectivity index (χ1) is 12.3. The number of aryl methyl sites for hydroxylation is 2. The van der Waals surface area contributed by atoms with Gasteiger partial charge in [-0.3, -0.25) is 4.79 Å². The van der Waals surface area contributed by atoms with Gasteiger partial charge in [0.2, 0.25) is 0 Å². The first-order valence-corrected chi connectivity index (χ1v) is 8.73. The maximum absolute atomic E-state index is 12.8. The molecule has 0 fully saturated rings. The van der Waals surface area contributed by atoms with Crippen LogP contribution >= 0.6 is 0 Å². The number of amides is 1. The Morgan fingerprint density at radius 1 is 1.12 bits per heavy atom. The lowest BCUT2D eigenvalue weighted by atomic mass is 9.98. The molecular formula is C21H24N2O3. The minimum absolute atomic E-state index is 0.0431. The van der Waals surface area contributed by atoms with Crippen molar-refractivity contribution in [2.24, 2.45) is 0 Å². The van der Waals surface area contributed by atoms with Gasteiger partial charge in [0, 0.05) is 0 Å². The van der Waals surface area contributed by atoms with Gasteiger partial charge in [-0.05, 0) is 63.1 Å². The van der Waals surface area contributed by atoms with Crippen molar-refractivity contribution in [3.63, 3.8) is 0 Å². The van der Waals surface area contributed by atoms with E-state index in [-0.39, 0.29) is 18.5 Å². The Morgan fingerprint density at radius 2 is 1.85 bits per heavy atom. The van der Waals surface area contributed by atoms with E-state index in [2.05, 4.69) is 5.32 Å². The number of anilines is 2. The molecule has 26 heavy (non-hydrogen) atoms. The van der Waals surface area contributed by atoms with Crippen molar-refractivity contribution in [1.29, 1.82) is 0 Å². The Bertz CT molecular complexity index is 858. The van der Waals surface area contributed by atoms with Crippen LogP contribution in [0.4, 0.5) is 11.4 Å². The average molecular weight is 352 g/mol.